The molecule has 1 aliphatic carbocycles. The zero-order chi connectivity index (χ0) is 20.9. The highest BCUT2D eigenvalue weighted by Crippen LogP contribution is 2.41. The number of carbonyl (C=O) groups excluding carboxylic acids is 2. The zero-order valence-corrected chi connectivity index (χ0v) is 18.1. The van der Waals surface area contributed by atoms with Gasteiger partial charge in [0.25, 0.3) is 11.8 Å². The first-order valence-corrected chi connectivity index (χ1v) is 11.7. The summed E-state index contributed by atoms with van der Waals surface area (Å²) in [6, 6.07) is 15.6. The van der Waals surface area contributed by atoms with Crippen LogP contribution >= 0.6 is 11.5 Å². The Balaban J connectivity index is 1.02. The number of fused-ring (bicyclic) bond motifs is 2. The molecule has 2 atom stereocenters. The van der Waals surface area contributed by atoms with Gasteiger partial charge in [-0.25, -0.2) is 0 Å². The van der Waals surface area contributed by atoms with Gasteiger partial charge in [0, 0.05) is 44.7 Å². The summed E-state index contributed by atoms with van der Waals surface area (Å²) >= 11 is 1.58. The van der Waals surface area contributed by atoms with E-state index < -0.39 is 0 Å². The van der Waals surface area contributed by atoms with Crippen molar-refractivity contribution in [1.82, 2.24) is 14.2 Å². The maximum absolute atomic E-state index is 12.6. The summed E-state index contributed by atoms with van der Waals surface area (Å²) in [6.07, 6.45) is 1.10. The number of nitrogens with zero attached hydrogens (tertiary/aromatic N) is 4. The van der Waals surface area contributed by atoms with Gasteiger partial charge in [-0.15, -0.1) is 0 Å². The Bertz CT molecular complexity index is 1130. The average molecular weight is 433 g/mol. The quantitative estimate of drug-likeness (QED) is 0.579. The maximum atomic E-state index is 12.6. The van der Waals surface area contributed by atoms with Crippen molar-refractivity contribution >= 4 is 39.3 Å². The normalized spacial score (nSPS) is 23.6. The van der Waals surface area contributed by atoms with Crippen molar-refractivity contribution in [3.63, 3.8) is 0 Å². The van der Waals surface area contributed by atoms with Gasteiger partial charge in [0.2, 0.25) is 0 Å². The van der Waals surface area contributed by atoms with Gasteiger partial charge in [0.1, 0.15) is 5.82 Å². The second-order valence-electron chi connectivity index (χ2n) is 8.81. The maximum Gasteiger partial charge on any atom is 0.261 e. The molecule has 6 rings (SSSR count). The molecule has 1 saturated heterocycles. The summed E-state index contributed by atoms with van der Waals surface area (Å²) < 4.78 is 5.94. The van der Waals surface area contributed by atoms with Gasteiger partial charge >= 0.3 is 0 Å². The third-order valence-corrected chi connectivity index (χ3v) is 7.70. The van der Waals surface area contributed by atoms with Crippen LogP contribution in [0.5, 0.6) is 0 Å². The van der Waals surface area contributed by atoms with Gasteiger partial charge < -0.3 is 4.90 Å². The molecule has 2 fully saturated rings. The van der Waals surface area contributed by atoms with Gasteiger partial charge in [-0.2, -0.15) is 4.37 Å². The predicted octanol–water partition coefficient (Wildman–Crippen LogP) is 3.35. The fourth-order valence-corrected chi connectivity index (χ4v) is 5.77. The highest BCUT2D eigenvalue weighted by molar-refractivity contribution is 7.13. The third-order valence-electron chi connectivity index (χ3n) is 6.89. The van der Waals surface area contributed by atoms with Crippen LogP contribution in [-0.4, -0.2) is 65.3 Å². The lowest BCUT2D eigenvalue weighted by atomic mass is 10.1. The van der Waals surface area contributed by atoms with Crippen LogP contribution < -0.4 is 4.90 Å². The number of piperazine rings is 1. The molecule has 7 heteroatoms. The molecule has 2 aromatic carbocycles. The van der Waals surface area contributed by atoms with Crippen LogP contribution in [0.4, 0.5) is 5.82 Å². The Labute approximate surface area is 185 Å². The number of rotatable bonds is 5. The lowest BCUT2D eigenvalue weighted by Crippen LogP contribution is -2.47. The molecule has 0 N–H and O–H groups in total. The molecular weight excluding hydrogens is 408 g/mol. The number of hydrogen-bond donors (Lipinski definition) is 0. The third kappa shape index (κ3) is 3.32. The minimum absolute atomic E-state index is 0.129. The Hall–Kier alpha value is -2.77. The number of aromatic nitrogens is 1. The number of imide groups is 1. The van der Waals surface area contributed by atoms with Gasteiger partial charge in [-0.05, 0) is 54.1 Å². The Morgan fingerprint density at radius 2 is 1.48 bits per heavy atom. The summed E-state index contributed by atoms with van der Waals surface area (Å²) in [6.45, 7) is 5.65. The van der Waals surface area contributed by atoms with Crippen LogP contribution in [0, 0.1) is 11.8 Å². The van der Waals surface area contributed by atoms with Crippen molar-refractivity contribution in [1.29, 1.82) is 0 Å². The first-order valence-electron chi connectivity index (χ1n) is 11.0. The number of carbonyl (C=O) groups is 2. The van der Waals surface area contributed by atoms with Crippen LogP contribution in [0.2, 0.25) is 0 Å². The van der Waals surface area contributed by atoms with Crippen LogP contribution in [0.15, 0.2) is 48.5 Å². The van der Waals surface area contributed by atoms with Gasteiger partial charge in [-0.3, -0.25) is 19.4 Å². The van der Waals surface area contributed by atoms with E-state index in [0.29, 0.717) is 29.5 Å². The molecule has 0 bridgehead atoms. The lowest BCUT2D eigenvalue weighted by Gasteiger charge is -2.35. The molecule has 0 spiro atoms. The van der Waals surface area contributed by atoms with E-state index in [1.54, 1.807) is 23.7 Å². The van der Waals surface area contributed by atoms with Crippen LogP contribution in [0.1, 0.15) is 27.1 Å². The summed E-state index contributed by atoms with van der Waals surface area (Å²) in [4.78, 5) is 31.6. The molecule has 158 valence electrons. The molecule has 2 aliphatic heterocycles. The minimum Gasteiger partial charge on any atom is -0.353 e. The molecule has 31 heavy (non-hydrogen) atoms. The predicted molar refractivity (Wildman–Crippen MR) is 122 cm³/mol. The van der Waals surface area contributed by atoms with Gasteiger partial charge in [0.05, 0.1) is 15.8 Å². The Morgan fingerprint density at radius 3 is 2.23 bits per heavy atom. The monoisotopic (exact) mass is 432 g/mol. The van der Waals surface area contributed by atoms with E-state index >= 15 is 0 Å². The number of amides is 2. The topological polar surface area (TPSA) is 56.8 Å². The number of benzene rings is 2. The molecule has 3 aromatic rings. The smallest absolute Gasteiger partial charge is 0.261 e. The zero-order valence-electron chi connectivity index (χ0n) is 17.2. The second-order valence-corrected chi connectivity index (χ2v) is 9.62. The average Bonchev–Trinajstić information content (AvgIpc) is 3.31. The summed E-state index contributed by atoms with van der Waals surface area (Å²) in [5.74, 6) is 1.87. The molecular formula is C24H24N4O2S. The highest BCUT2D eigenvalue weighted by atomic mass is 32.1. The first kappa shape index (κ1) is 19.0. The largest absolute Gasteiger partial charge is 0.353 e. The van der Waals surface area contributed by atoms with E-state index in [4.69, 9.17) is 4.37 Å². The molecule has 0 unspecified atom stereocenters. The van der Waals surface area contributed by atoms with Crippen molar-refractivity contribution < 1.29 is 9.59 Å². The van der Waals surface area contributed by atoms with Gasteiger partial charge in [-0.1, -0.05) is 24.3 Å². The fraction of sp³-hybridized carbons (Fsp3) is 0.375. The number of anilines is 1. The molecule has 3 heterocycles. The molecule has 6 nitrogen and oxygen atoms in total. The first-order chi connectivity index (χ1) is 15.2. The molecule has 2 amide bonds. The number of hydrogen-bond acceptors (Lipinski definition) is 6. The van der Waals surface area contributed by atoms with Crippen molar-refractivity contribution in [2.75, 3.05) is 44.2 Å². The fourth-order valence-electron chi connectivity index (χ4n) is 4.97. The van der Waals surface area contributed by atoms with Crippen LogP contribution in [-0.2, 0) is 0 Å². The molecule has 1 saturated carbocycles. The Kier molecular flexibility index (Phi) is 4.54. The Morgan fingerprint density at radius 1 is 0.839 bits per heavy atom. The highest BCUT2D eigenvalue weighted by Gasteiger charge is 2.44. The molecule has 1 aromatic heterocycles. The lowest BCUT2D eigenvalue weighted by molar-refractivity contribution is 0.0643. The van der Waals surface area contributed by atoms with E-state index in [1.807, 2.05) is 12.1 Å². The van der Waals surface area contributed by atoms with Crippen molar-refractivity contribution in [3.05, 3.63) is 59.7 Å². The standard InChI is InChI=1S/C24H24N4O2S/c29-23-18-5-1-2-6-19(18)24(30)28(23)15-17-13-16(17)14-26-9-11-27(12-10-26)22-20-7-3-4-8-21(20)31-25-22/h1-8,16-17H,9-15H2/t16-,17-/m1/s1. The van der Waals surface area contributed by atoms with Crippen molar-refractivity contribution in [2.45, 2.75) is 6.42 Å². The van der Waals surface area contributed by atoms with E-state index in [0.717, 1.165) is 45.0 Å². The summed E-state index contributed by atoms with van der Waals surface area (Å²) in [5.41, 5.74) is 1.10. The van der Waals surface area contributed by atoms with E-state index in [2.05, 4.69) is 34.1 Å². The molecule has 0 radical (unpaired) electrons. The van der Waals surface area contributed by atoms with Crippen molar-refractivity contribution in [3.8, 4) is 0 Å². The van der Waals surface area contributed by atoms with E-state index in [-0.39, 0.29) is 11.8 Å². The van der Waals surface area contributed by atoms with Gasteiger partial charge in [0.15, 0.2) is 0 Å². The minimum atomic E-state index is -0.129. The van der Waals surface area contributed by atoms with Crippen LogP contribution in [0.25, 0.3) is 10.1 Å². The van der Waals surface area contributed by atoms with Crippen molar-refractivity contribution in [2.24, 2.45) is 11.8 Å². The van der Waals surface area contributed by atoms with Crippen LogP contribution in [0.3, 0.4) is 0 Å². The summed E-state index contributed by atoms with van der Waals surface area (Å²) in [5, 5.41) is 1.25. The SMILES string of the molecule is O=C1c2ccccc2C(=O)N1C[C@H]1C[C@@H]1CN1CCN(c2nsc3ccccc23)CC1. The summed E-state index contributed by atoms with van der Waals surface area (Å²) in [7, 11) is 0. The molecule has 3 aliphatic rings. The second kappa shape index (κ2) is 7.43. The van der Waals surface area contributed by atoms with E-state index in [9.17, 15) is 9.59 Å². The van der Waals surface area contributed by atoms with E-state index in [1.165, 1.54) is 15.0 Å².